The van der Waals surface area contributed by atoms with Crippen LogP contribution in [0.1, 0.15) is 0 Å². The van der Waals surface area contributed by atoms with Crippen molar-refractivity contribution < 1.29 is 4.39 Å². The highest BCUT2D eigenvalue weighted by Gasteiger charge is 2.22. The average molecular weight is 282 g/mol. The quantitative estimate of drug-likeness (QED) is 0.543. The zero-order chi connectivity index (χ0) is 10.2. The molecule has 0 spiro atoms. The third-order valence-corrected chi connectivity index (χ3v) is 4.58. The predicted molar refractivity (Wildman–Crippen MR) is 62.1 cm³/mol. The third-order valence-electron chi connectivity index (χ3n) is 1.80. The molecule has 1 aromatic rings. The molecule has 0 atom stereocenters. The summed E-state index contributed by atoms with van der Waals surface area (Å²) in [7, 11) is -1.63. The van der Waals surface area contributed by atoms with Crippen molar-refractivity contribution in [2.24, 2.45) is 0 Å². The first-order valence-electron chi connectivity index (χ1n) is 3.97. The molecule has 1 rings (SSSR count). The molecule has 13 heavy (non-hydrogen) atoms. The second kappa shape index (κ2) is 3.71. The van der Waals surface area contributed by atoms with Gasteiger partial charge < -0.3 is 0 Å². The Labute approximate surface area is 92.2 Å². The summed E-state index contributed by atoms with van der Waals surface area (Å²) in [5.74, 6) is -0.163. The molecule has 1 aromatic carbocycles. The minimum atomic E-state index is -1.63. The zero-order valence-corrected chi connectivity index (χ0v) is 11.1. The van der Waals surface area contributed by atoms with Gasteiger partial charge >= 0.3 is 0 Å². The van der Waals surface area contributed by atoms with Gasteiger partial charge in [-0.1, -0.05) is 31.2 Å². The summed E-state index contributed by atoms with van der Waals surface area (Å²) in [4.78, 5) is 0. The minimum Gasteiger partial charge on any atom is -0.206 e. The highest BCUT2D eigenvalue weighted by Crippen LogP contribution is 2.21. The van der Waals surface area contributed by atoms with Crippen LogP contribution in [0.25, 0.3) is 0 Å². The largest absolute Gasteiger partial charge is 0.206 e. The van der Waals surface area contributed by atoms with Gasteiger partial charge in [-0.25, -0.2) is 4.39 Å². The highest BCUT2D eigenvalue weighted by atomic mass is 79.9. The van der Waals surface area contributed by atoms with E-state index in [1.807, 2.05) is 0 Å². The van der Waals surface area contributed by atoms with Crippen molar-refractivity contribution >= 4 is 40.8 Å². The van der Waals surface area contributed by atoms with Crippen LogP contribution >= 0.6 is 27.5 Å². The second-order valence-corrected chi connectivity index (χ2v) is 10.3. The molecule has 4 heteroatoms. The summed E-state index contributed by atoms with van der Waals surface area (Å²) < 4.78 is 14.1. The number of halogens is 3. The molecular formula is C9H11BrClFSi. The van der Waals surface area contributed by atoms with E-state index in [0.29, 0.717) is 9.50 Å². The van der Waals surface area contributed by atoms with Crippen LogP contribution in [0.5, 0.6) is 0 Å². The zero-order valence-electron chi connectivity index (χ0n) is 7.79. The molecule has 0 aliphatic rings. The van der Waals surface area contributed by atoms with Gasteiger partial charge in [0.1, 0.15) is 5.82 Å². The van der Waals surface area contributed by atoms with Crippen LogP contribution in [-0.2, 0) is 0 Å². The lowest BCUT2D eigenvalue weighted by Crippen LogP contribution is -2.40. The van der Waals surface area contributed by atoms with Gasteiger partial charge in [-0.3, -0.25) is 0 Å². The number of rotatable bonds is 1. The molecule has 0 saturated carbocycles. The topological polar surface area (TPSA) is 0 Å². The molecule has 0 aromatic heterocycles. The monoisotopic (exact) mass is 280 g/mol. The maximum absolute atomic E-state index is 13.6. The maximum Gasteiger partial charge on any atom is 0.136 e. The predicted octanol–water partition coefficient (Wildman–Crippen LogP) is 3.79. The van der Waals surface area contributed by atoms with Crippen LogP contribution in [0.4, 0.5) is 4.39 Å². The van der Waals surface area contributed by atoms with Crippen molar-refractivity contribution in [1.29, 1.82) is 0 Å². The van der Waals surface area contributed by atoms with Crippen LogP contribution in [0, 0.1) is 5.82 Å². The first-order chi connectivity index (χ1) is 5.82. The third kappa shape index (κ3) is 2.54. The van der Waals surface area contributed by atoms with Gasteiger partial charge in [0.15, 0.2) is 0 Å². The van der Waals surface area contributed by atoms with Crippen molar-refractivity contribution in [3.05, 3.63) is 27.4 Å². The standard InChI is InChI=1S/C9H11BrClFSi/c1-13(2,3)8-5-6(11)4-7(10)9(8)12/h4-5H,1-3H3. The fraction of sp³-hybridized carbons (Fsp3) is 0.333. The summed E-state index contributed by atoms with van der Waals surface area (Å²) in [5, 5.41) is 1.36. The van der Waals surface area contributed by atoms with E-state index in [0.717, 1.165) is 5.19 Å². The van der Waals surface area contributed by atoms with Gasteiger partial charge in [-0.15, -0.1) is 0 Å². The Bertz CT molecular complexity index is 333. The molecule has 0 N–H and O–H groups in total. The van der Waals surface area contributed by atoms with Crippen molar-refractivity contribution in [3.8, 4) is 0 Å². The van der Waals surface area contributed by atoms with Crippen LogP contribution < -0.4 is 5.19 Å². The average Bonchev–Trinajstić information content (AvgIpc) is 1.94. The SMILES string of the molecule is C[Si](C)(C)c1cc(Cl)cc(Br)c1F. The molecule has 0 bridgehead atoms. The fourth-order valence-electron chi connectivity index (χ4n) is 1.10. The molecule has 0 amide bonds. The van der Waals surface area contributed by atoms with E-state index in [1.54, 1.807) is 12.1 Å². The van der Waals surface area contributed by atoms with Crippen LogP contribution in [0.3, 0.4) is 0 Å². The van der Waals surface area contributed by atoms with Crippen molar-refractivity contribution in [2.75, 3.05) is 0 Å². The van der Waals surface area contributed by atoms with Crippen LogP contribution in [-0.4, -0.2) is 8.07 Å². The van der Waals surface area contributed by atoms with E-state index in [1.165, 1.54) is 0 Å². The lowest BCUT2D eigenvalue weighted by atomic mass is 10.3. The Balaban J connectivity index is 3.37. The van der Waals surface area contributed by atoms with Crippen LogP contribution in [0.15, 0.2) is 16.6 Å². The number of benzene rings is 1. The molecule has 0 unspecified atom stereocenters. The van der Waals surface area contributed by atoms with E-state index in [2.05, 4.69) is 35.6 Å². The second-order valence-electron chi connectivity index (χ2n) is 4.00. The van der Waals surface area contributed by atoms with E-state index in [4.69, 9.17) is 11.6 Å². The molecule has 0 nitrogen and oxygen atoms in total. The summed E-state index contributed by atoms with van der Waals surface area (Å²) in [6.45, 7) is 6.27. The van der Waals surface area contributed by atoms with Gasteiger partial charge in [0.2, 0.25) is 0 Å². The molecule has 0 radical (unpaired) electrons. The lowest BCUT2D eigenvalue weighted by molar-refractivity contribution is 0.628. The molecular weight excluding hydrogens is 271 g/mol. The Morgan fingerprint density at radius 3 is 2.31 bits per heavy atom. The maximum atomic E-state index is 13.6. The molecule has 0 heterocycles. The highest BCUT2D eigenvalue weighted by molar-refractivity contribution is 9.10. The molecule has 0 saturated heterocycles. The van der Waals surface area contributed by atoms with Crippen molar-refractivity contribution in [2.45, 2.75) is 19.6 Å². The lowest BCUT2D eigenvalue weighted by Gasteiger charge is -2.18. The number of hydrogen-bond acceptors (Lipinski definition) is 0. The summed E-state index contributed by atoms with van der Waals surface area (Å²) >= 11 is 9.01. The van der Waals surface area contributed by atoms with Gasteiger partial charge in [-0.2, -0.15) is 0 Å². The molecule has 72 valence electrons. The van der Waals surface area contributed by atoms with E-state index >= 15 is 0 Å². The van der Waals surface area contributed by atoms with Gasteiger partial charge in [0.25, 0.3) is 0 Å². The number of hydrogen-bond donors (Lipinski definition) is 0. The molecule has 0 aliphatic heterocycles. The summed E-state index contributed by atoms with van der Waals surface area (Å²) in [6.07, 6.45) is 0. The Hall–Kier alpha value is 0.137. The normalized spacial score (nSPS) is 11.8. The minimum absolute atomic E-state index is 0.163. The fourth-order valence-corrected chi connectivity index (χ4v) is 3.57. The van der Waals surface area contributed by atoms with Crippen molar-refractivity contribution in [3.63, 3.8) is 0 Å². The van der Waals surface area contributed by atoms with Gasteiger partial charge in [0.05, 0.1) is 12.5 Å². The van der Waals surface area contributed by atoms with Crippen molar-refractivity contribution in [1.82, 2.24) is 0 Å². The first kappa shape index (κ1) is 11.2. The molecule has 0 fully saturated rings. The van der Waals surface area contributed by atoms with E-state index in [9.17, 15) is 4.39 Å². The summed E-state index contributed by atoms with van der Waals surface area (Å²) in [5.41, 5.74) is 0. The van der Waals surface area contributed by atoms with Gasteiger partial charge in [-0.05, 0) is 33.2 Å². The van der Waals surface area contributed by atoms with E-state index < -0.39 is 8.07 Å². The Morgan fingerprint density at radius 2 is 1.85 bits per heavy atom. The van der Waals surface area contributed by atoms with Crippen LogP contribution in [0.2, 0.25) is 24.7 Å². The summed E-state index contributed by atoms with van der Waals surface area (Å²) in [6, 6.07) is 3.31. The Morgan fingerprint density at radius 1 is 1.31 bits per heavy atom. The van der Waals surface area contributed by atoms with Gasteiger partial charge in [0, 0.05) is 5.02 Å². The van der Waals surface area contributed by atoms with E-state index in [-0.39, 0.29) is 5.82 Å². The Kier molecular flexibility index (Phi) is 3.20. The molecule has 0 aliphatic carbocycles. The first-order valence-corrected chi connectivity index (χ1v) is 8.64. The smallest absolute Gasteiger partial charge is 0.136 e.